The lowest BCUT2D eigenvalue weighted by molar-refractivity contribution is -0.129. The van der Waals surface area contributed by atoms with Gasteiger partial charge in [0.1, 0.15) is 6.54 Å². The van der Waals surface area contributed by atoms with Crippen molar-refractivity contribution in [1.29, 1.82) is 0 Å². The zero-order valence-electron chi connectivity index (χ0n) is 18.1. The maximum atomic E-state index is 12.8. The molecule has 2 heterocycles. The average Bonchev–Trinajstić information content (AvgIpc) is 3.03. The van der Waals surface area contributed by atoms with Crippen LogP contribution in [0.5, 0.6) is 0 Å². The van der Waals surface area contributed by atoms with Crippen LogP contribution in [-0.4, -0.2) is 58.9 Å². The molecule has 7 nitrogen and oxygen atoms in total. The van der Waals surface area contributed by atoms with Crippen molar-refractivity contribution in [2.24, 2.45) is 5.92 Å². The molecule has 0 aromatic heterocycles. The van der Waals surface area contributed by atoms with Crippen LogP contribution in [0, 0.1) is 5.92 Å². The molecule has 1 N–H and O–H groups in total. The van der Waals surface area contributed by atoms with Crippen LogP contribution in [0.3, 0.4) is 0 Å². The van der Waals surface area contributed by atoms with E-state index >= 15 is 0 Å². The van der Waals surface area contributed by atoms with Gasteiger partial charge in [-0.15, -0.1) is 0 Å². The first-order chi connectivity index (χ1) is 15.8. The second-order valence-electron chi connectivity index (χ2n) is 8.54. The number of nitrogens with zero attached hydrogens (tertiary/aromatic N) is 2. The molecular formula is C23H25Cl2N3O4S. The molecule has 0 radical (unpaired) electrons. The molecule has 1 aromatic rings. The normalized spacial score (nSPS) is 19.2. The Labute approximate surface area is 206 Å². The van der Waals surface area contributed by atoms with Gasteiger partial charge >= 0.3 is 0 Å². The van der Waals surface area contributed by atoms with Crippen molar-refractivity contribution in [3.05, 3.63) is 44.3 Å². The lowest BCUT2D eigenvalue weighted by atomic mass is 9.83. The van der Waals surface area contributed by atoms with Crippen LogP contribution in [0.4, 0.5) is 4.79 Å². The number of nitrogens with one attached hydrogen (secondary N) is 1. The number of thioether (sulfide) groups is 1. The SMILES string of the molecule is O=C(CN1C(=O)SC(=C2CCN(C(=O)c3ccc(Cl)cc3Cl)CC2)C1=O)NCCC1CCC1. The number of hydrogen-bond acceptors (Lipinski definition) is 5. The fraction of sp³-hybridized carbons (Fsp3) is 0.478. The third kappa shape index (κ3) is 5.55. The molecule has 1 saturated carbocycles. The molecule has 3 aliphatic rings. The Kier molecular flexibility index (Phi) is 7.66. The third-order valence-corrected chi connectivity index (χ3v) is 8.00. The molecule has 2 saturated heterocycles. The van der Waals surface area contributed by atoms with E-state index in [1.54, 1.807) is 17.0 Å². The first kappa shape index (κ1) is 24.1. The summed E-state index contributed by atoms with van der Waals surface area (Å²) in [4.78, 5) is 53.3. The Balaban J connectivity index is 1.32. The van der Waals surface area contributed by atoms with Crippen molar-refractivity contribution in [3.8, 4) is 0 Å². The zero-order chi connectivity index (χ0) is 23.5. The molecule has 176 valence electrons. The number of carbonyl (C=O) groups is 4. The molecule has 4 rings (SSSR count). The highest BCUT2D eigenvalue weighted by Crippen LogP contribution is 2.36. The fourth-order valence-electron chi connectivity index (χ4n) is 4.19. The van der Waals surface area contributed by atoms with Crippen molar-refractivity contribution in [1.82, 2.24) is 15.1 Å². The first-order valence-electron chi connectivity index (χ1n) is 11.1. The molecule has 10 heteroatoms. The van der Waals surface area contributed by atoms with Gasteiger partial charge in [-0.1, -0.05) is 42.5 Å². The number of amides is 4. The monoisotopic (exact) mass is 509 g/mol. The molecule has 0 unspecified atom stereocenters. The number of imide groups is 1. The molecule has 1 aromatic carbocycles. The number of benzene rings is 1. The van der Waals surface area contributed by atoms with E-state index in [9.17, 15) is 19.2 Å². The molecule has 4 amide bonds. The summed E-state index contributed by atoms with van der Waals surface area (Å²) < 4.78 is 0. The minimum Gasteiger partial charge on any atom is -0.355 e. The van der Waals surface area contributed by atoms with Crippen LogP contribution in [0.1, 0.15) is 48.9 Å². The standard InChI is InChI=1S/C23H25Cl2N3O4S/c24-16-4-5-17(18(25)12-16)21(30)27-10-7-15(8-11-27)20-22(31)28(23(32)33-20)13-19(29)26-9-6-14-2-1-3-14/h4-5,12,14H,1-3,6-11,13H2,(H,26,29). The highest BCUT2D eigenvalue weighted by molar-refractivity contribution is 8.18. The van der Waals surface area contributed by atoms with Gasteiger partial charge in [0.2, 0.25) is 5.91 Å². The molecule has 0 atom stereocenters. The van der Waals surface area contributed by atoms with Crippen LogP contribution in [0.25, 0.3) is 0 Å². The number of halogens is 2. The number of rotatable bonds is 6. The molecule has 0 bridgehead atoms. The van der Waals surface area contributed by atoms with Crippen LogP contribution in [-0.2, 0) is 9.59 Å². The van der Waals surface area contributed by atoms with Gasteiger partial charge in [-0.2, -0.15) is 0 Å². The number of hydrogen-bond donors (Lipinski definition) is 1. The molecular weight excluding hydrogens is 485 g/mol. The van der Waals surface area contributed by atoms with Crippen LogP contribution >= 0.6 is 35.0 Å². The molecule has 2 aliphatic heterocycles. The smallest absolute Gasteiger partial charge is 0.294 e. The highest BCUT2D eigenvalue weighted by Gasteiger charge is 2.39. The minimum absolute atomic E-state index is 0.192. The third-order valence-electron chi connectivity index (χ3n) is 6.39. The Morgan fingerprint density at radius 3 is 2.48 bits per heavy atom. The summed E-state index contributed by atoms with van der Waals surface area (Å²) in [6.45, 7) is 1.15. The minimum atomic E-state index is -0.428. The van der Waals surface area contributed by atoms with E-state index in [2.05, 4.69) is 5.32 Å². The van der Waals surface area contributed by atoms with Crippen molar-refractivity contribution in [3.63, 3.8) is 0 Å². The van der Waals surface area contributed by atoms with Gasteiger partial charge in [0, 0.05) is 24.7 Å². The van der Waals surface area contributed by atoms with Gasteiger partial charge in [0.25, 0.3) is 17.1 Å². The second-order valence-corrected chi connectivity index (χ2v) is 10.3. The van der Waals surface area contributed by atoms with Gasteiger partial charge < -0.3 is 10.2 Å². The molecule has 3 fully saturated rings. The summed E-state index contributed by atoms with van der Waals surface area (Å²) in [5, 5.41) is 3.14. The van der Waals surface area contributed by atoms with E-state index < -0.39 is 11.1 Å². The summed E-state index contributed by atoms with van der Waals surface area (Å²) in [6, 6.07) is 4.76. The predicted molar refractivity (Wildman–Crippen MR) is 128 cm³/mol. The predicted octanol–water partition coefficient (Wildman–Crippen LogP) is 4.49. The molecule has 1 aliphatic carbocycles. The van der Waals surface area contributed by atoms with E-state index in [-0.39, 0.29) is 18.4 Å². The van der Waals surface area contributed by atoms with Crippen LogP contribution < -0.4 is 5.32 Å². The Hall–Kier alpha value is -2.03. The first-order valence-corrected chi connectivity index (χ1v) is 12.7. The van der Waals surface area contributed by atoms with E-state index in [0.29, 0.717) is 58.9 Å². The largest absolute Gasteiger partial charge is 0.355 e. The highest BCUT2D eigenvalue weighted by atomic mass is 35.5. The van der Waals surface area contributed by atoms with Crippen LogP contribution in [0.15, 0.2) is 28.7 Å². The topological polar surface area (TPSA) is 86.8 Å². The Morgan fingerprint density at radius 1 is 1.12 bits per heavy atom. The maximum Gasteiger partial charge on any atom is 0.294 e. The van der Waals surface area contributed by atoms with Gasteiger partial charge in [-0.3, -0.25) is 24.1 Å². The maximum absolute atomic E-state index is 12.8. The van der Waals surface area contributed by atoms with E-state index in [4.69, 9.17) is 23.2 Å². The van der Waals surface area contributed by atoms with Crippen molar-refractivity contribution in [2.45, 2.75) is 38.5 Å². The molecule has 0 spiro atoms. The van der Waals surface area contributed by atoms with E-state index in [1.807, 2.05) is 0 Å². The molecule has 33 heavy (non-hydrogen) atoms. The lowest BCUT2D eigenvalue weighted by Crippen LogP contribution is -2.40. The van der Waals surface area contributed by atoms with Gasteiger partial charge in [-0.05, 0) is 60.7 Å². The summed E-state index contributed by atoms with van der Waals surface area (Å²) in [7, 11) is 0. The van der Waals surface area contributed by atoms with Crippen LogP contribution in [0.2, 0.25) is 10.0 Å². The lowest BCUT2D eigenvalue weighted by Gasteiger charge is -2.29. The van der Waals surface area contributed by atoms with Crippen molar-refractivity contribution < 1.29 is 19.2 Å². The quantitative estimate of drug-likeness (QED) is 0.571. The average molecular weight is 510 g/mol. The Morgan fingerprint density at radius 2 is 1.85 bits per heavy atom. The number of carbonyl (C=O) groups excluding carboxylic acids is 4. The van der Waals surface area contributed by atoms with E-state index in [1.165, 1.54) is 25.3 Å². The second kappa shape index (κ2) is 10.5. The Bertz CT molecular complexity index is 1010. The van der Waals surface area contributed by atoms with Gasteiger partial charge in [0.15, 0.2) is 0 Å². The van der Waals surface area contributed by atoms with E-state index in [0.717, 1.165) is 28.7 Å². The number of likely N-dealkylation sites (tertiary alicyclic amines) is 1. The summed E-state index contributed by atoms with van der Waals surface area (Å²) in [6.07, 6.45) is 5.59. The summed E-state index contributed by atoms with van der Waals surface area (Å²) >= 11 is 12.9. The number of piperidine rings is 1. The van der Waals surface area contributed by atoms with Crippen molar-refractivity contribution >= 4 is 57.9 Å². The van der Waals surface area contributed by atoms with Crippen molar-refractivity contribution in [2.75, 3.05) is 26.2 Å². The fourth-order valence-corrected chi connectivity index (χ4v) is 5.66. The summed E-state index contributed by atoms with van der Waals surface area (Å²) in [5.74, 6) is -0.249. The van der Waals surface area contributed by atoms with Gasteiger partial charge in [0.05, 0.1) is 15.5 Å². The summed E-state index contributed by atoms with van der Waals surface area (Å²) in [5.41, 5.74) is 1.23. The zero-order valence-corrected chi connectivity index (χ0v) is 20.4. The van der Waals surface area contributed by atoms with Gasteiger partial charge in [-0.25, -0.2) is 0 Å².